The van der Waals surface area contributed by atoms with Crippen molar-refractivity contribution in [2.75, 3.05) is 0 Å². The molecule has 0 unspecified atom stereocenters. The quantitative estimate of drug-likeness (QED) is 0.369. The molecule has 0 bridgehead atoms. The van der Waals surface area contributed by atoms with Crippen LogP contribution in [0.3, 0.4) is 0 Å². The molecule has 0 spiro atoms. The van der Waals surface area contributed by atoms with Gasteiger partial charge in [-0.15, -0.1) is 0 Å². The minimum absolute atomic E-state index is 0. The number of hydrogen-bond acceptors (Lipinski definition) is 0. The first-order valence-electron chi connectivity index (χ1n) is 3.14. The third-order valence-electron chi connectivity index (χ3n) is 1.27. The monoisotopic (exact) mass is 130 g/mol. The zero-order valence-corrected chi connectivity index (χ0v) is 8.22. The van der Waals surface area contributed by atoms with E-state index in [0.29, 0.717) is 0 Å². The Balaban J connectivity index is 0.000000640. The van der Waals surface area contributed by atoms with Gasteiger partial charge in [0.05, 0.1) is 0 Å². The van der Waals surface area contributed by atoms with Crippen molar-refractivity contribution in [3.8, 4) is 0 Å². The fourth-order valence-corrected chi connectivity index (χ4v) is 0.869. The number of rotatable bonds is 2. The van der Waals surface area contributed by atoms with Gasteiger partial charge in [0.1, 0.15) is 0 Å². The van der Waals surface area contributed by atoms with Crippen LogP contribution in [0.25, 0.3) is 0 Å². The van der Waals surface area contributed by atoms with Gasteiger partial charge in [0.2, 0.25) is 0 Å². The van der Waals surface area contributed by atoms with Gasteiger partial charge in [-0.2, -0.15) is 17.7 Å². The van der Waals surface area contributed by atoms with Crippen molar-refractivity contribution in [2.24, 2.45) is 0 Å². The molecule has 1 aromatic carbocycles. The maximum atomic E-state index is 2.20. The van der Waals surface area contributed by atoms with Crippen LogP contribution in [-0.4, -0.2) is 0 Å². The molecule has 0 N–H and O–H groups in total. The molecule has 0 radical (unpaired) electrons. The second-order valence-electron chi connectivity index (χ2n) is 2.04. The van der Waals surface area contributed by atoms with Crippen LogP contribution in [0.15, 0.2) is 24.3 Å². The molecule has 0 heterocycles. The van der Waals surface area contributed by atoms with Crippen LogP contribution in [0.1, 0.15) is 18.9 Å². The van der Waals surface area contributed by atoms with Crippen molar-refractivity contribution in [2.45, 2.75) is 19.8 Å². The minimum atomic E-state index is 0. The SMILES string of the molecule is CCC[c-]1cccc1.[Na+]. The van der Waals surface area contributed by atoms with Gasteiger partial charge in [-0.1, -0.05) is 19.8 Å². The molecular formula is C8H11Na. The van der Waals surface area contributed by atoms with Crippen molar-refractivity contribution in [1.82, 2.24) is 0 Å². The van der Waals surface area contributed by atoms with E-state index in [1.165, 1.54) is 18.4 Å². The average Bonchev–Trinajstić information content (AvgIpc) is 2.19. The predicted octanol–water partition coefficient (Wildman–Crippen LogP) is -0.638. The molecule has 0 amide bonds. The summed E-state index contributed by atoms with van der Waals surface area (Å²) in [6.45, 7) is 2.20. The van der Waals surface area contributed by atoms with Gasteiger partial charge in [0.15, 0.2) is 0 Å². The van der Waals surface area contributed by atoms with E-state index < -0.39 is 0 Å². The van der Waals surface area contributed by atoms with E-state index in [0.717, 1.165) is 0 Å². The van der Waals surface area contributed by atoms with Gasteiger partial charge in [0.25, 0.3) is 0 Å². The summed E-state index contributed by atoms with van der Waals surface area (Å²) in [6, 6.07) is 8.52. The Morgan fingerprint density at radius 1 is 1.22 bits per heavy atom. The number of aryl methyl sites for hydroxylation is 1. The zero-order valence-electron chi connectivity index (χ0n) is 6.22. The molecule has 0 saturated heterocycles. The van der Waals surface area contributed by atoms with Gasteiger partial charge >= 0.3 is 29.6 Å². The second-order valence-corrected chi connectivity index (χ2v) is 2.04. The van der Waals surface area contributed by atoms with Crippen molar-refractivity contribution in [3.05, 3.63) is 29.8 Å². The Morgan fingerprint density at radius 3 is 2.22 bits per heavy atom. The molecule has 1 aromatic rings. The molecule has 0 aliphatic rings. The van der Waals surface area contributed by atoms with Crippen molar-refractivity contribution >= 4 is 0 Å². The van der Waals surface area contributed by atoms with Crippen LogP contribution >= 0.6 is 0 Å². The molecule has 0 nitrogen and oxygen atoms in total. The molecule has 0 aromatic heterocycles. The minimum Gasteiger partial charge on any atom is -0.213 e. The van der Waals surface area contributed by atoms with Crippen LogP contribution in [0.4, 0.5) is 0 Å². The summed E-state index contributed by atoms with van der Waals surface area (Å²) in [5.41, 5.74) is 1.47. The molecule has 44 valence electrons. The molecule has 0 saturated carbocycles. The molecular weight excluding hydrogens is 119 g/mol. The molecule has 0 aliphatic carbocycles. The number of hydrogen-bond donors (Lipinski definition) is 0. The van der Waals surface area contributed by atoms with Crippen molar-refractivity contribution < 1.29 is 29.6 Å². The van der Waals surface area contributed by atoms with Gasteiger partial charge < -0.3 is 0 Å². The summed E-state index contributed by atoms with van der Waals surface area (Å²) < 4.78 is 0. The topological polar surface area (TPSA) is 0 Å². The van der Waals surface area contributed by atoms with E-state index in [9.17, 15) is 0 Å². The molecule has 0 fully saturated rings. The summed E-state index contributed by atoms with van der Waals surface area (Å²) in [5, 5.41) is 0. The van der Waals surface area contributed by atoms with Crippen LogP contribution < -0.4 is 29.6 Å². The third kappa shape index (κ3) is 3.14. The van der Waals surface area contributed by atoms with Crippen LogP contribution in [-0.2, 0) is 6.42 Å². The van der Waals surface area contributed by atoms with Gasteiger partial charge in [0, 0.05) is 0 Å². The smallest absolute Gasteiger partial charge is 0.213 e. The summed E-state index contributed by atoms with van der Waals surface area (Å²) >= 11 is 0. The van der Waals surface area contributed by atoms with Gasteiger partial charge in [-0.05, 0) is 0 Å². The van der Waals surface area contributed by atoms with Crippen LogP contribution in [0.5, 0.6) is 0 Å². The molecule has 0 atom stereocenters. The zero-order chi connectivity index (χ0) is 5.82. The fraction of sp³-hybridized carbons (Fsp3) is 0.375. The molecule has 0 aliphatic heterocycles. The Hall–Kier alpha value is 0.350. The Labute approximate surface area is 78.9 Å². The van der Waals surface area contributed by atoms with Crippen LogP contribution in [0, 0.1) is 0 Å². The summed E-state index contributed by atoms with van der Waals surface area (Å²) in [7, 11) is 0. The normalized spacial score (nSPS) is 8.56. The van der Waals surface area contributed by atoms with Crippen molar-refractivity contribution in [3.63, 3.8) is 0 Å². The van der Waals surface area contributed by atoms with Gasteiger partial charge in [-0.25, -0.2) is 12.1 Å². The Morgan fingerprint density at radius 2 is 1.78 bits per heavy atom. The first-order valence-corrected chi connectivity index (χ1v) is 3.14. The largest absolute Gasteiger partial charge is 1.00 e. The van der Waals surface area contributed by atoms with Crippen LogP contribution in [0.2, 0.25) is 0 Å². The summed E-state index contributed by atoms with van der Waals surface area (Å²) in [5.74, 6) is 0. The second kappa shape index (κ2) is 5.16. The van der Waals surface area contributed by atoms with E-state index >= 15 is 0 Å². The van der Waals surface area contributed by atoms with E-state index in [1.54, 1.807) is 0 Å². The molecule has 9 heavy (non-hydrogen) atoms. The van der Waals surface area contributed by atoms with Gasteiger partial charge in [-0.3, -0.25) is 0 Å². The maximum absolute atomic E-state index is 2.20. The molecule has 1 heteroatoms. The molecule has 1 rings (SSSR count). The fourth-order valence-electron chi connectivity index (χ4n) is 0.869. The van der Waals surface area contributed by atoms with Crippen molar-refractivity contribution in [1.29, 1.82) is 0 Å². The van der Waals surface area contributed by atoms with E-state index in [4.69, 9.17) is 0 Å². The summed E-state index contributed by atoms with van der Waals surface area (Å²) in [4.78, 5) is 0. The summed E-state index contributed by atoms with van der Waals surface area (Å²) in [6.07, 6.45) is 2.48. The predicted molar refractivity (Wildman–Crippen MR) is 36.0 cm³/mol. The van der Waals surface area contributed by atoms with E-state index in [2.05, 4.69) is 31.2 Å². The first-order chi connectivity index (χ1) is 3.93. The van der Waals surface area contributed by atoms with E-state index in [1.807, 2.05) is 0 Å². The van der Waals surface area contributed by atoms with E-state index in [-0.39, 0.29) is 29.6 Å². The first kappa shape index (κ1) is 9.35. The Kier molecular flexibility index (Phi) is 5.36. The Bertz CT molecular complexity index is 130. The standard InChI is InChI=1S/C8H11.Na/c1-2-5-8-6-3-4-7-8;/h3-4,6-7H,2,5H2,1H3;/q-1;+1. The average molecular weight is 130 g/mol. The maximum Gasteiger partial charge on any atom is 1.00 e. The third-order valence-corrected chi connectivity index (χ3v) is 1.27.